The number of aliphatic hydroxyl groups excluding tert-OH is 1. The zero-order valence-corrected chi connectivity index (χ0v) is 18.7. The summed E-state index contributed by atoms with van der Waals surface area (Å²) in [5, 5.41) is 16.5. The standard InChI is InChI=1S/C24H26N6O3/c1-25-22(31)19-11-17(8-9-26-19)33-16-6-7-18-21(12-16)30(3)24(27-18)28-20-10-15(14-4-5-14)13-29(2)23(20)32/h6-14,23,32H,4-5H2,1-3H3,(H,25,31)(H,27,28). The lowest BCUT2D eigenvalue weighted by Crippen LogP contribution is -2.35. The van der Waals surface area contributed by atoms with E-state index < -0.39 is 6.23 Å². The first-order valence-electron chi connectivity index (χ1n) is 10.9. The van der Waals surface area contributed by atoms with Crippen LogP contribution in [0.4, 0.5) is 5.95 Å². The van der Waals surface area contributed by atoms with Crippen LogP contribution in [0.3, 0.4) is 0 Å². The molecule has 1 aliphatic carbocycles. The minimum atomic E-state index is -0.757. The number of ether oxygens (including phenoxy) is 1. The number of allylic oxidation sites excluding steroid dienone is 2. The van der Waals surface area contributed by atoms with Gasteiger partial charge in [0.05, 0.1) is 16.7 Å². The molecule has 170 valence electrons. The van der Waals surface area contributed by atoms with Gasteiger partial charge in [-0.05, 0) is 48.6 Å². The van der Waals surface area contributed by atoms with Crippen LogP contribution in [0.5, 0.6) is 11.5 Å². The summed E-state index contributed by atoms with van der Waals surface area (Å²) in [6.45, 7) is 0. The van der Waals surface area contributed by atoms with Crippen LogP contribution in [0, 0.1) is 5.92 Å². The molecule has 33 heavy (non-hydrogen) atoms. The lowest BCUT2D eigenvalue weighted by Gasteiger charge is -2.29. The summed E-state index contributed by atoms with van der Waals surface area (Å²) in [5.74, 6) is 2.06. The van der Waals surface area contributed by atoms with E-state index in [4.69, 9.17) is 9.72 Å². The number of carbonyl (C=O) groups excluding carboxylic acids is 1. The van der Waals surface area contributed by atoms with Crippen molar-refractivity contribution >= 4 is 22.9 Å². The maximum absolute atomic E-state index is 11.8. The molecule has 1 fully saturated rings. The molecule has 0 spiro atoms. The van der Waals surface area contributed by atoms with Crippen molar-refractivity contribution in [2.75, 3.05) is 19.4 Å². The van der Waals surface area contributed by atoms with E-state index in [0.717, 1.165) is 11.0 Å². The third-order valence-electron chi connectivity index (χ3n) is 5.92. The van der Waals surface area contributed by atoms with Crippen molar-refractivity contribution in [3.05, 3.63) is 65.8 Å². The Bertz CT molecular complexity index is 1290. The molecule has 0 bridgehead atoms. The first kappa shape index (κ1) is 21.0. The summed E-state index contributed by atoms with van der Waals surface area (Å²) in [6.07, 6.45) is 7.21. The van der Waals surface area contributed by atoms with E-state index in [1.165, 1.54) is 24.6 Å². The average Bonchev–Trinajstić information content (AvgIpc) is 3.62. The van der Waals surface area contributed by atoms with E-state index in [-0.39, 0.29) is 11.6 Å². The number of imidazole rings is 1. The van der Waals surface area contributed by atoms with Gasteiger partial charge in [0.2, 0.25) is 5.95 Å². The highest BCUT2D eigenvalue weighted by Gasteiger charge is 2.30. The molecule has 1 atom stereocenters. The Balaban J connectivity index is 1.40. The zero-order valence-electron chi connectivity index (χ0n) is 18.7. The summed E-state index contributed by atoms with van der Waals surface area (Å²) in [6, 6.07) is 8.89. The Morgan fingerprint density at radius 2 is 1.97 bits per heavy atom. The van der Waals surface area contributed by atoms with Gasteiger partial charge in [-0.3, -0.25) is 9.78 Å². The second kappa shape index (κ2) is 8.25. The smallest absolute Gasteiger partial charge is 0.269 e. The van der Waals surface area contributed by atoms with Gasteiger partial charge in [-0.15, -0.1) is 0 Å². The molecular weight excluding hydrogens is 420 g/mol. The van der Waals surface area contributed by atoms with Crippen molar-refractivity contribution in [2.24, 2.45) is 13.0 Å². The lowest BCUT2D eigenvalue weighted by molar-refractivity contribution is 0.0856. The summed E-state index contributed by atoms with van der Waals surface area (Å²) < 4.78 is 7.89. The molecule has 1 aromatic carbocycles. The fourth-order valence-electron chi connectivity index (χ4n) is 3.89. The molecule has 1 amide bonds. The van der Waals surface area contributed by atoms with E-state index in [2.05, 4.69) is 15.6 Å². The Morgan fingerprint density at radius 3 is 2.73 bits per heavy atom. The van der Waals surface area contributed by atoms with Gasteiger partial charge >= 0.3 is 0 Å². The van der Waals surface area contributed by atoms with Crippen LogP contribution >= 0.6 is 0 Å². The summed E-state index contributed by atoms with van der Waals surface area (Å²) in [7, 11) is 5.34. The topological polar surface area (TPSA) is 105 Å². The van der Waals surface area contributed by atoms with Crippen molar-refractivity contribution < 1.29 is 14.6 Å². The number of likely N-dealkylation sites (N-methyl/N-ethyl adjacent to an activating group) is 1. The molecule has 3 heterocycles. The molecule has 9 nitrogen and oxygen atoms in total. The largest absolute Gasteiger partial charge is 0.457 e. The quantitative estimate of drug-likeness (QED) is 0.535. The van der Waals surface area contributed by atoms with Crippen molar-refractivity contribution in [3.8, 4) is 11.5 Å². The van der Waals surface area contributed by atoms with E-state index in [1.807, 2.05) is 54.0 Å². The first-order chi connectivity index (χ1) is 15.9. The maximum atomic E-state index is 11.8. The van der Waals surface area contributed by atoms with Crippen molar-refractivity contribution in [3.63, 3.8) is 0 Å². The summed E-state index contributed by atoms with van der Waals surface area (Å²) >= 11 is 0. The molecule has 3 aromatic rings. The number of aromatic nitrogens is 3. The van der Waals surface area contributed by atoms with Gasteiger partial charge in [-0.2, -0.15) is 0 Å². The number of aryl methyl sites for hydroxylation is 1. The number of amides is 1. The number of fused-ring (bicyclic) bond motifs is 1. The van der Waals surface area contributed by atoms with Gasteiger partial charge in [0, 0.05) is 45.7 Å². The molecule has 9 heteroatoms. The van der Waals surface area contributed by atoms with Gasteiger partial charge in [0.1, 0.15) is 17.2 Å². The summed E-state index contributed by atoms with van der Waals surface area (Å²) in [5.41, 5.74) is 3.88. The summed E-state index contributed by atoms with van der Waals surface area (Å²) in [4.78, 5) is 22.4. The Kier molecular flexibility index (Phi) is 5.26. The first-order valence-corrected chi connectivity index (χ1v) is 10.9. The number of pyridine rings is 1. The van der Waals surface area contributed by atoms with Crippen LogP contribution < -0.4 is 15.4 Å². The van der Waals surface area contributed by atoms with Crippen molar-refractivity contribution in [1.82, 2.24) is 24.8 Å². The van der Waals surface area contributed by atoms with Crippen LogP contribution in [0.2, 0.25) is 0 Å². The number of hydrogen-bond donors (Lipinski definition) is 3. The zero-order chi connectivity index (χ0) is 23.1. The van der Waals surface area contributed by atoms with Crippen molar-refractivity contribution in [2.45, 2.75) is 19.1 Å². The van der Waals surface area contributed by atoms with Gasteiger partial charge in [0.25, 0.3) is 5.91 Å². The fourth-order valence-corrected chi connectivity index (χ4v) is 3.89. The Hall–Kier alpha value is -3.85. The van der Waals surface area contributed by atoms with E-state index >= 15 is 0 Å². The second-order valence-corrected chi connectivity index (χ2v) is 8.37. The predicted molar refractivity (Wildman–Crippen MR) is 125 cm³/mol. The minimum Gasteiger partial charge on any atom is -0.457 e. The fraction of sp³-hybridized carbons (Fsp3) is 0.292. The predicted octanol–water partition coefficient (Wildman–Crippen LogP) is 2.97. The van der Waals surface area contributed by atoms with E-state index in [1.54, 1.807) is 19.2 Å². The molecule has 1 saturated carbocycles. The van der Waals surface area contributed by atoms with Gasteiger partial charge in [-0.1, -0.05) is 0 Å². The van der Waals surface area contributed by atoms with Gasteiger partial charge in [0.15, 0.2) is 6.23 Å². The number of nitrogens with one attached hydrogen (secondary N) is 2. The molecule has 3 N–H and O–H groups in total. The molecule has 0 saturated heterocycles. The van der Waals surface area contributed by atoms with Gasteiger partial charge < -0.3 is 29.9 Å². The van der Waals surface area contributed by atoms with Crippen LogP contribution in [-0.4, -0.2) is 50.8 Å². The van der Waals surface area contributed by atoms with Gasteiger partial charge in [-0.25, -0.2) is 4.98 Å². The minimum absolute atomic E-state index is 0.275. The monoisotopic (exact) mass is 446 g/mol. The molecule has 2 aliphatic rings. The number of rotatable bonds is 6. The number of nitrogens with zero attached hydrogens (tertiary/aromatic N) is 4. The number of anilines is 1. The maximum Gasteiger partial charge on any atom is 0.269 e. The lowest BCUT2D eigenvalue weighted by atomic mass is 10.1. The molecule has 5 rings (SSSR count). The highest BCUT2D eigenvalue weighted by molar-refractivity contribution is 5.92. The van der Waals surface area contributed by atoms with E-state index in [0.29, 0.717) is 29.1 Å². The van der Waals surface area contributed by atoms with Crippen LogP contribution in [0.25, 0.3) is 11.0 Å². The average molecular weight is 447 g/mol. The van der Waals surface area contributed by atoms with E-state index in [9.17, 15) is 9.90 Å². The third-order valence-corrected chi connectivity index (χ3v) is 5.92. The molecule has 1 aliphatic heterocycles. The second-order valence-electron chi connectivity index (χ2n) is 8.37. The van der Waals surface area contributed by atoms with Crippen molar-refractivity contribution in [1.29, 1.82) is 0 Å². The number of benzene rings is 1. The SMILES string of the molecule is CNC(=O)c1cc(Oc2ccc3nc(NC4=CC(C5CC5)=CN(C)C4O)n(C)c3c2)ccn1. The molecule has 2 aromatic heterocycles. The highest BCUT2D eigenvalue weighted by atomic mass is 16.5. The number of hydrogen-bond acceptors (Lipinski definition) is 7. The van der Waals surface area contributed by atoms with Crippen LogP contribution in [0.15, 0.2) is 60.1 Å². The Morgan fingerprint density at radius 1 is 1.18 bits per heavy atom. The van der Waals surface area contributed by atoms with Crippen LogP contribution in [0.1, 0.15) is 23.3 Å². The number of carbonyl (C=O) groups is 1. The highest BCUT2D eigenvalue weighted by Crippen LogP contribution is 2.39. The van der Waals surface area contributed by atoms with Crippen LogP contribution in [-0.2, 0) is 7.05 Å². The molecular formula is C24H26N6O3. The molecule has 1 unspecified atom stereocenters. The normalized spacial score (nSPS) is 18.1. The molecule has 0 radical (unpaired) electrons. The third kappa shape index (κ3) is 4.14. The number of aliphatic hydroxyl groups is 1. The Labute approximate surface area is 191 Å².